The predicted molar refractivity (Wildman–Crippen MR) is 97.3 cm³/mol. The van der Waals surface area contributed by atoms with Crippen LogP contribution in [0, 0.1) is 0 Å². The van der Waals surface area contributed by atoms with Crippen LogP contribution in [0.1, 0.15) is 12.0 Å². The maximum atomic E-state index is 11.8. The Morgan fingerprint density at radius 2 is 2.04 bits per heavy atom. The number of hydrogen-bond acceptors (Lipinski definition) is 4. The Labute approximate surface area is 146 Å². The van der Waals surface area contributed by atoms with E-state index in [4.69, 9.17) is 9.47 Å². The number of benzene rings is 2. The number of fused-ring (bicyclic) bond motifs is 1. The summed E-state index contributed by atoms with van der Waals surface area (Å²) in [5.41, 5.74) is 0.952. The fourth-order valence-electron chi connectivity index (χ4n) is 2.52. The first-order chi connectivity index (χ1) is 12.2. The summed E-state index contributed by atoms with van der Waals surface area (Å²) in [6.07, 6.45) is 9.35. The zero-order chi connectivity index (χ0) is 17.5. The number of aromatic nitrogens is 2. The first kappa shape index (κ1) is 16.8. The smallest absolute Gasteiger partial charge is 0.330 e. The average molecular weight is 336 g/mol. The number of ether oxygens (including phenoxy) is 2. The number of hydrogen-bond donors (Lipinski definition) is 0. The molecule has 1 heterocycles. The van der Waals surface area contributed by atoms with Gasteiger partial charge in [-0.15, -0.1) is 0 Å². The summed E-state index contributed by atoms with van der Waals surface area (Å²) in [6.45, 7) is 1.17. The van der Waals surface area contributed by atoms with Gasteiger partial charge in [-0.1, -0.05) is 18.2 Å². The van der Waals surface area contributed by atoms with E-state index in [1.807, 2.05) is 47.2 Å². The van der Waals surface area contributed by atoms with Gasteiger partial charge in [0.2, 0.25) is 0 Å². The molecule has 0 spiro atoms. The highest BCUT2D eigenvalue weighted by molar-refractivity contribution is 5.90. The number of rotatable bonds is 7. The molecule has 0 amide bonds. The maximum Gasteiger partial charge on any atom is 0.330 e. The zero-order valence-electron chi connectivity index (χ0n) is 14.1. The second-order valence-electron chi connectivity index (χ2n) is 5.63. The third-order valence-electron chi connectivity index (χ3n) is 3.85. The molecule has 3 aromatic rings. The molecule has 0 radical (unpaired) electrons. The molecule has 5 nitrogen and oxygen atoms in total. The molecular formula is C20H20N2O3. The van der Waals surface area contributed by atoms with Crippen LogP contribution in [-0.2, 0) is 16.1 Å². The summed E-state index contributed by atoms with van der Waals surface area (Å²) >= 11 is 0. The van der Waals surface area contributed by atoms with Crippen molar-refractivity contribution >= 4 is 22.8 Å². The topological polar surface area (TPSA) is 53.4 Å². The number of carbonyl (C=O) groups is 1. The van der Waals surface area contributed by atoms with Crippen LogP contribution in [0.25, 0.3) is 16.8 Å². The molecule has 0 N–H and O–H groups in total. The molecular weight excluding hydrogens is 316 g/mol. The largest absolute Gasteiger partial charge is 0.497 e. The summed E-state index contributed by atoms with van der Waals surface area (Å²) in [4.78, 5) is 15.7. The summed E-state index contributed by atoms with van der Waals surface area (Å²) in [5, 5.41) is 2.19. The van der Waals surface area contributed by atoms with Crippen molar-refractivity contribution < 1.29 is 14.3 Å². The van der Waals surface area contributed by atoms with Crippen molar-refractivity contribution in [3.63, 3.8) is 0 Å². The Balaban J connectivity index is 1.52. The van der Waals surface area contributed by atoms with Gasteiger partial charge in [0.15, 0.2) is 0 Å². The molecule has 0 atom stereocenters. The first-order valence-corrected chi connectivity index (χ1v) is 8.13. The van der Waals surface area contributed by atoms with E-state index < -0.39 is 0 Å². The first-order valence-electron chi connectivity index (χ1n) is 8.13. The molecule has 0 saturated heterocycles. The lowest BCUT2D eigenvalue weighted by molar-refractivity contribution is -0.137. The lowest BCUT2D eigenvalue weighted by atomic mass is 10.1. The second kappa shape index (κ2) is 8.15. The molecule has 0 unspecified atom stereocenters. The van der Waals surface area contributed by atoms with E-state index in [1.54, 1.807) is 25.7 Å². The van der Waals surface area contributed by atoms with Gasteiger partial charge in [-0.25, -0.2) is 9.78 Å². The highest BCUT2D eigenvalue weighted by Crippen LogP contribution is 2.22. The standard InChI is InChI=1S/C20H20N2O3/c1-24-19-7-6-17-13-16(3-5-18(17)14-19)4-8-20(23)25-12-2-10-22-11-9-21-15-22/h3-9,11,13-15H,2,10,12H2,1H3/b8-4+. The van der Waals surface area contributed by atoms with Crippen LogP contribution in [0.5, 0.6) is 5.75 Å². The van der Waals surface area contributed by atoms with E-state index in [1.165, 1.54) is 6.08 Å². The van der Waals surface area contributed by atoms with Crippen LogP contribution in [0.2, 0.25) is 0 Å². The fraction of sp³-hybridized carbons (Fsp3) is 0.200. The molecule has 0 bridgehead atoms. The van der Waals surface area contributed by atoms with E-state index in [0.29, 0.717) is 6.61 Å². The van der Waals surface area contributed by atoms with Crippen molar-refractivity contribution in [1.29, 1.82) is 0 Å². The molecule has 5 heteroatoms. The van der Waals surface area contributed by atoms with Crippen LogP contribution in [0.4, 0.5) is 0 Å². The van der Waals surface area contributed by atoms with Gasteiger partial charge in [0.25, 0.3) is 0 Å². The summed E-state index contributed by atoms with van der Waals surface area (Å²) in [7, 11) is 1.65. The minimum atomic E-state index is -0.333. The summed E-state index contributed by atoms with van der Waals surface area (Å²) in [5.74, 6) is 0.496. The van der Waals surface area contributed by atoms with Gasteiger partial charge in [0.1, 0.15) is 5.75 Å². The quantitative estimate of drug-likeness (QED) is 0.375. The Kier molecular flexibility index (Phi) is 5.46. The number of imidazole rings is 1. The minimum Gasteiger partial charge on any atom is -0.497 e. The molecule has 0 fully saturated rings. The van der Waals surface area contributed by atoms with E-state index in [2.05, 4.69) is 4.98 Å². The number of aryl methyl sites for hydroxylation is 1. The normalized spacial score (nSPS) is 11.1. The van der Waals surface area contributed by atoms with E-state index in [9.17, 15) is 4.79 Å². The van der Waals surface area contributed by atoms with Crippen molar-refractivity contribution in [2.75, 3.05) is 13.7 Å². The van der Waals surface area contributed by atoms with Gasteiger partial charge < -0.3 is 14.0 Å². The Hall–Kier alpha value is -3.08. The summed E-state index contributed by atoms with van der Waals surface area (Å²) in [6, 6.07) is 11.9. The molecule has 1 aromatic heterocycles. The van der Waals surface area contributed by atoms with Crippen molar-refractivity contribution in [1.82, 2.24) is 9.55 Å². The average Bonchev–Trinajstić information content (AvgIpc) is 3.16. The van der Waals surface area contributed by atoms with Crippen molar-refractivity contribution in [2.45, 2.75) is 13.0 Å². The third-order valence-corrected chi connectivity index (χ3v) is 3.85. The van der Waals surface area contributed by atoms with Crippen LogP contribution < -0.4 is 4.74 Å². The molecule has 3 rings (SSSR count). The van der Waals surface area contributed by atoms with Crippen LogP contribution in [0.15, 0.2) is 61.2 Å². The van der Waals surface area contributed by atoms with Crippen LogP contribution in [0.3, 0.4) is 0 Å². The van der Waals surface area contributed by atoms with Gasteiger partial charge in [0, 0.05) is 25.0 Å². The highest BCUT2D eigenvalue weighted by Gasteiger charge is 2.00. The number of methoxy groups -OCH3 is 1. The lowest BCUT2D eigenvalue weighted by Gasteiger charge is -2.04. The number of nitrogens with zero attached hydrogens (tertiary/aromatic N) is 2. The summed E-state index contributed by atoms with van der Waals surface area (Å²) < 4.78 is 12.4. The van der Waals surface area contributed by atoms with Gasteiger partial charge in [-0.2, -0.15) is 0 Å². The molecule has 0 saturated carbocycles. The number of carbonyl (C=O) groups excluding carboxylic acids is 1. The Morgan fingerprint density at radius 3 is 2.84 bits per heavy atom. The molecule has 2 aromatic carbocycles. The monoisotopic (exact) mass is 336 g/mol. The van der Waals surface area contributed by atoms with Gasteiger partial charge >= 0.3 is 5.97 Å². The van der Waals surface area contributed by atoms with Gasteiger partial charge in [0.05, 0.1) is 20.0 Å². The third kappa shape index (κ3) is 4.70. The van der Waals surface area contributed by atoms with Gasteiger partial charge in [-0.3, -0.25) is 0 Å². The zero-order valence-corrected chi connectivity index (χ0v) is 14.1. The highest BCUT2D eigenvalue weighted by atomic mass is 16.5. The molecule has 0 aliphatic carbocycles. The molecule has 25 heavy (non-hydrogen) atoms. The second-order valence-corrected chi connectivity index (χ2v) is 5.63. The van der Waals surface area contributed by atoms with E-state index >= 15 is 0 Å². The number of esters is 1. The molecule has 0 aliphatic heterocycles. The lowest BCUT2D eigenvalue weighted by Crippen LogP contribution is -2.05. The van der Waals surface area contributed by atoms with Crippen molar-refractivity contribution in [2.24, 2.45) is 0 Å². The van der Waals surface area contributed by atoms with Gasteiger partial charge in [-0.05, 0) is 47.0 Å². The van der Waals surface area contributed by atoms with Crippen LogP contribution in [-0.4, -0.2) is 29.2 Å². The van der Waals surface area contributed by atoms with Crippen molar-refractivity contribution in [3.8, 4) is 5.75 Å². The van der Waals surface area contributed by atoms with E-state index in [-0.39, 0.29) is 5.97 Å². The molecule has 0 aliphatic rings. The Bertz CT molecular complexity index is 870. The van der Waals surface area contributed by atoms with Crippen LogP contribution >= 0.6 is 0 Å². The predicted octanol–water partition coefficient (Wildman–Crippen LogP) is 3.69. The maximum absolute atomic E-state index is 11.8. The SMILES string of the molecule is COc1ccc2cc(/C=C/C(=O)OCCCn3ccnc3)ccc2c1. The minimum absolute atomic E-state index is 0.333. The van der Waals surface area contributed by atoms with Crippen molar-refractivity contribution in [3.05, 3.63) is 66.8 Å². The van der Waals surface area contributed by atoms with E-state index in [0.717, 1.165) is 35.1 Å². The fourth-order valence-corrected chi connectivity index (χ4v) is 2.52. The Morgan fingerprint density at radius 1 is 1.20 bits per heavy atom. The molecule has 128 valence electrons.